The first-order valence-electron chi connectivity index (χ1n) is 7.21. The molecule has 1 amide bonds. The van der Waals surface area contributed by atoms with Crippen LogP contribution in [0, 0.1) is 5.92 Å². The highest BCUT2D eigenvalue weighted by Gasteiger charge is 2.28. The van der Waals surface area contributed by atoms with E-state index in [9.17, 15) is 9.90 Å². The molecule has 1 fully saturated rings. The van der Waals surface area contributed by atoms with Crippen LogP contribution in [0.15, 0.2) is 12.1 Å². The first-order chi connectivity index (χ1) is 9.55. The SMILES string of the molecule is CCc1cc(C(=O)N2CCC(O)C(C)C2)cc(NC)n1. The third-order valence-electron chi connectivity index (χ3n) is 3.89. The fraction of sp³-hybridized carbons (Fsp3) is 0.600. The molecule has 0 bridgehead atoms. The van der Waals surface area contributed by atoms with E-state index in [-0.39, 0.29) is 17.9 Å². The minimum atomic E-state index is -0.296. The van der Waals surface area contributed by atoms with Crippen LogP contribution in [0.5, 0.6) is 0 Å². The maximum absolute atomic E-state index is 12.6. The van der Waals surface area contributed by atoms with E-state index < -0.39 is 0 Å². The molecule has 0 spiro atoms. The highest BCUT2D eigenvalue weighted by atomic mass is 16.3. The summed E-state index contributed by atoms with van der Waals surface area (Å²) in [6.45, 7) is 5.23. The number of aromatic nitrogens is 1. The summed E-state index contributed by atoms with van der Waals surface area (Å²) in [5, 5.41) is 12.7. The highest BCUT2D eigenvalue weighted by Crippen LogP contribution is 2.20. The minimum Gasteiger partial charge on any atom is -0.393 e. The van der Waals surface area contributed by atoms with Crippen LogP contribution in [0.1, 0.15) is 36.3 Å². The highest BCUT2D eigenvalue weighted by molar-refractivity contribution is 5.95. The molecular formula is C15H23N3O2. The second-order valence-corrected chi connectivity index (χ2v) is 5.42. The van der Waals surface area contributed by atoms with Crippen LogP contribution < -0.4 is 5.32 Å². The van der Waals surface area contributed by atoms with Crippen LogP contribution in [-0.2, 0) is 6.42 Å². The Morgan fingerprint density at radius 3 is 2.90 bits per heavy atom. The Kier molecular flexibility index (Phi) is 4.60. The number of anilines is 1. The van der Waals surface area contributed by atoms with Gasteiger partial charge >= 0.3 is 0 Å². The van der Waals surface area contributed by atoms with Gasteiger partial charge in [-0.25, -0.2) is 4.98 Å². The molecule has 0 aliphatic carbocycles. The number of likely N-dealkylation sites (tertiary alicyclic amines) is 1. The average molecular weight is 277 g/mol. The van der Waals surface area contributed by atoms with E-state index in [1.165, 1.54) is 0 Å². The topological polar surface area (TPSA) is 65.5 Å². The van der Waals surface area contributed by atoms with Gasteiger partial charge < -0.3 is 15.3 Å². The molecule has 0 saturated carbocycles. The van der Waals surface area contributed by atoms with E-state index in [2.05, 4.69) is 10.3 Å². The Bertz CT molecular complexity index is 468. The van der Waals surface area contributed by atoms with E-state index in [1.54, 1.807) is 13.1 Å². The van der Waals surface area contributed by atoms with Gasteiger partial charge in [-0.05, 0) is 30.9 Å². The fourth-order valence-electron chi connectivity index (χ4n) is 2.52. The molecule has 2 N–H and O–H groups in total. The number of hydrogen-bond acceptors (Lipinski definition) is 4. The van der Waals surface area contributed by atoms with E-state index in [0.29, 0.717) is 25.1 Å². The molecule has 1 aromatic heterocycles. The van der Waals surface area contributed by atoms with Crippen LogP contribution in [0.2, 0.25) is 0 Å². The molecule has 2 unspecified atom stereocenters. The van der Waals surface area contributed by atoms with Gasteiger partial charge in [0.15, 0.2) is 0 Å². The first-order valence-corrected chi connectivity index (χ1v) is 7.21. The lowest BCUT2D eigenvalue weighted by atomic mass is 9.96. The summed E-state index contributed by atoms with van der Waals surface area (Å²) in [6.07, 6.45) is 1.15. The molecule has 2 rings (SSSR count). The maximum atomic E-state index is 12.6. The van der Waals surface area contributed by atoms with Crippen molar-refractivity contribution in [1.82, 2.24) is 9.88 Å². The lowest BCUT2D eigenvalue weighted by molar-refractivity contribution is 0.0297. The molecule has 1 aromatic rings. The number of aryl methyl sites for hydroxylation is 1. The number of amides is 1. The molecule has 1 aliphatic rings. The normalized spacial score (nSPS) is 22.7. The Balaban J connectivity index is 2.20. The van der Waals surface area contributed by atoms with E-state index in [0.717, 1.165) is 17.9 Å². The first kappa shape index (κ1) is 14.8. The van der Waals surface area contributed by atoms with Crippen molar-refractivity contribution >= 4 is 11.7 Å². The van der Waals surface area contributed by atoms with Gasteiger partial charge in [0, 0.05) is 31.4 Å². The molecule has 5 heteroatoms. The van der Waals surface area contributed by atoms with Crippen LogP contribution in [0.3, 0.4) is 0 Å². The van der Waals surface area contributed by atoms with Crippen molar-refractivity contribution in [2.45, 2.75) is 32.8 Å². The van der Waals surface area contributed by atoms with Gasteiger partial charge in [-0.3, -0.25) is 4.79 Å². The second-order valence-electron chi connectivity index (χ2n) is 5.42. The Labute approximate surface area is 120 Å². The lowest BCUT2D eigenvalue weighted by Crippen LogP contribution is -2.45. The molecule has 20 heavy (non-hydrogen) atoms. The molecule has 2 atom stereocenters. The summed E-state index contributed by atoms with van der Waals surface area (Å²) in [5.41, 5.74) is 1.58. The molecule has 0 aromatic carbocycles. The number of carbonyl (C=O) groups is 1. The van der Waals surface area contributed by atoms with E-state index >= 15 is 0 Å². The summed E-state index contributed by atoms with van der Waals surface area (Å²) in [4.78, 5) is 18.8. The predicted molar refractivity (Wildman–Crippen MR) is 78.9 cm³/mol. The monoisotopic (exact) mass is 277 g/mol. The van der Waals surface area contributed by atoms with Gasteiger partial charge in [-0.15, -0.1) is 0 Å². The van der Waals surface area contributed by atoms with Crippen LogP contribution in [0.4, 0.5) is 5.82 Å². The van der Waals surface area contributed by atoms with E-state index in [4.69, 9.17) is 0 Å². The smallest absolute Gasteiger partial charge is 0.254 e. The van der Waals surface area contributed by atoms with Gasteiger partial charge in [0.05, 0.1) is 6.10 Å². The predicted octanol–water partition coefficient (Wildman–Crippen LogP) is 1.53. The maximum Gasteiger partial charge on any atom is 0.254 e. The van der Waals surface area contributed by atoms with Crippen molar-refractivity contribution in [2.75, 3.05) is 25.5 Å². The van der Waals surface area contributed by atoms with E-state index in [1.807, 2.05) is 24.8 Å². The van der Waals surface area contributed by atoms with Crippen LogP contribution in [-0.4, -0.2) is 47.1 Å². The van der Waals surface area contributed by atoms with Gasteiger partial charge in [-0.1, -0.05) is 13.8 Å². The van der Waals surface area contributed by atoms with Crippen molar-refractivity contribution in [1.29, 1.82) is 0 Å². The number of nitrogens with one attached hydrogen (secondary N) is 1. The number of piperidine rings is 1. The zero-order valence-corrected chi connectivity index (χ0v) is 12.4. The molecule has 2 heterocycles. The third-order valence-corrected chi connectivity index (χ3v) is 3.89. The zero-order chi connectivity index (χ0) is 14.7. The Morgan fingerprint density at radius 1 is 1.55 bits per heavy atom. The number of carbonyl (C=O) groups excluding carboxylic acids is 1. The Hall–Kier alpha value is -1.62. The Morgan fingerprint density at radius 2 is 2.30 bits per heavy atom. The van der Waals surface area contributed by atoms with Crippen molar-refractivity contribution in [3.63, 3.8) is 0 Å². The summed E-state index contributed by atoms with van der Waals surface area (Å²) < 4.78 is 0. The standard InChI is InChI=1S/C15H23N3O2/c1-4-12-7-11(8-14(16-3)17-12)15(20)18-6-5-13(19)10(2)9-18/h7-8,10,13,19H,4-6,9H2,1-3H3,(H,16,17). The molecular weight excluding hydrogens is 254 g/mol. The number of nitrogens with zero attached hydrogens (tertiary/aromatic N) is 2. The van der Waals surface area contributed by atoms with Crippen molar-refractivity contribution in [2.24, 2.45) is 5.92 Å². The molecule has 1 aliphatic heterocycles. The fourth-order valence-corrected chi connectivity index (χ4v) is 2.52. The summed E-state index contributed by atoms with van der Waals surface area (Å²) in [5.74, 6) is 0.874. The van der Waals surface area contributed by atoms with Crippen LogP contribution in [0.25, 0.3) is 0 Å². The molecule has 0 radical (unpaired) electrons. The van der Waals surface area contributed by atoms with Gasteiger partial charge in [-0.2, -0.15) is 0 Å². The number of aliphatic hydroxyl groups excluding tert-OH is 1. The largest absolute Gasteiger partial charge is 0.393 e. The average Bonchev–Trinajstić information content (AvgIpc) is 2.48. The number of aliphatic hydroxyl groups is 1. The van der Waals surface area contributed by atoms with Gasteiger partial charge in [0.25, 0.3) is 5.91 Å². The summed E-state index contributed by atoms with van der Waals surface area (Å²) >= 11 is 0. The molecule has 1 saturated heterocycles. The van der Waals surface area contributed by atoms with Crippen molar-refractivity contribution in [3.05, 3.63) is 23.4 Å². The number of pyridine rings is 1. The summed E-state index contributed by atoms with van der Waals surface area (Å²) in [7, 11) is 1.80. The van der Waals surface area contributed by atoms with Gasteiger partial charge in [0.2, 0.25) is 0 Å². The lowest BCUT2D eigenvalue weighted by Gasteiger charge is -2.34. The summed E-state index contributed by atoms with van der Waals surface area (Å²) in [6, 6.07) is 3.65. The molecule has 5 nitrogen and oxygen atoms in total. The van der Waals surface area contributed by atoms with Gasteiger partial charge in [0.1, 0.15) is 5.82 Å². The number of hydrogen-bond donors (Lipinski definition) is 2. The minimum absolute atomic E-state index is 0.0253. The van der Waals surface area contributed by atoms with Crippen molar-refractivity contribution < 1.29 is 9.90 Å². The molecule has 110 valence electrons. The van der Waals surface area contributed by atoms with Crippen molar-refractivity contribution in [3.8, 4) is 0 Å². The quantitative estimate of drug-likeness (QED) is 0.879. The van der Waals surface area contributed by atoms with Crippen LogP contribution >= 0.6 is 0 Å². The number of rotatable bonds is 3. The zero-order valence-electron chi connectivity index (χ0n) is 12.4. The second kappa shape index (κ2) is 6.22. The third kappa shape index (κ3) is 3.10.